The fraction of sp³-hybridized carbons (Fsp3) is 1.00. The maximum atomic E-state index is 3.78. The summed E-state index contributed by atoms with van der Waals surface area (Å²) in [7, 11) is 0. The molecule has 0 aromatic carbocycles. The minimum Gasteiger partial charge on any atom is -0.313 e. The maximum Gasteiger partial charge on any atom is 0.0124 e. The van der Waals surface area contributed by atoms with Crippen molar-refractivity contribution in [3.05, 3.63) is 0 Å². The van der Waals surface area contributed by atoms with Crippen LogP contribution < -0.4 is 5.32 Å². The lowest BCUT2D eigenvalue weighted by Gasteiger charge is -2.24. The van der Waals surface area contributed by atoms with Gasteiger partial charge in [0.15, 0.2) is 0 Å². The molecule has 2 saturated carbocycles. The van der Waals surface area contributed by atoms with Crippen LogP contribution in [0.2, 0.25) is 0 Å². The molecule has 0 bridgehead atoms. The summed E-state index contributed by atoms with van der Waals surface area (Å²) in [4.78, 5) is 0. The van der Waals surface area contributed by atoms with Crippen LogP contribution in [0.3, 0.4) is 0 Å². The molecule has 0 radical (unpaired) electrons. The summed E-state index contributed by atoms with van der Waals surface area (Å²) < 4.78 is 0. The van der Waals surface area contributed by atoms with E-state index in [0.29, 0.717) is 5.41 Å². The van der Waals surface area contributed by atoms with Crippen molar-refractivity contribution in [1.29, 1.82) is 0 Å². The normalized spacial score (nSPS) is 24.0. The van der Waals surface area contributed by atoms with Gasteiger partial charge in [0.1, 0.15) is 0 Å². The van der Waals surface area contributed by atoms with E-state index >= 15 is 0 Å². The molecular weight excluding hydrogens is 158 g/mol. The number of rotatable bonds is 4. The second-order valence-electron chi connectivity index (χ2n) is 6.14. The van der Waals surface area contributed by atoms with Crippen LogP contribution in [-0.2, 0) is 0 Å². The number of hydrogen-bond acceptors (Lipinski definition) is 1. The van der Waals surface area contributed by atoms with Gasteiger partial charge in [-0.15, -0.1) is 0 Å². The minimum absolute atomic E-state index is 0.446. The van der Waals surface area contributed by atoms with E-state index in [1.165, 1.54) is 32.2 Å². The highest BCUT2D eigenvalue weighted by Crippen LogP contribution is 2.44. The summed E-state index contributed by atoms with van der Waals surface area (Å²) in [5.74, 6) is 2.07. The zero-order valence-electron chi connectivity index (χ0n) is 9.27. The van der Waals surface area contributed by atoms with E-state index < -0.39 is 0 Å². The molecule has 0 aromatic heterocycles. The highest BCUT2D eigenvalue weighted by Gasteiger charge is 2.41. The fourth-order valence-electron chi connectivity index (χ4n) is 2.05. The van der Waals surface area contributed by atoms with E-state index in [1.807, 2.05) is 0 Å². The van der Waals surface area contributed by atoms with Gasteiger partial charge < -0.3 is 5.32 Å². The van der Waals surface area contributed by atoms with E-state index in [4.69, 9.17) is 0 Å². The Labute approximate surface area is 82.3 Å². The molecule has 76 valence electrons. The summed E-state index contributed by atoms with van der Waals surface area (Å²) in [6.07, 6.45) is 5.94. The van der Waals surface area contributed by atoms with Crippen LogP contribution in [0.4, 0.5) is 0 Å². The Morgan fingerprint density at radius 3 is 1.85 bits per heavy atom. The molecule has 0 aromatic rings. The SMILES string of the molecule is CC(C)(C)CNC(C1CC1)C1CC1. The number of hydrogen-bond donors (Lipinski definition) is 1. The van der Waals surface area contributed by atoms with Gasteiger partial charge in [-0.1, -0.05) is 20.8 Å². The smallest absolute Gasteiger partial charge is 0.0124 e. The van der Waals surface area contributed by atoms with Crippen LogP contribution in [0, 0.1) is 17.3 Å². The van der Waals surface area contributed by atoms with Crippen molar-refractivity contribution in [2.75, 3.05) is 6.54 Å². The van der Waals surface area contributed by atoms with Gasteiger partial charge >= 0.3 is 0 Å². The van der Waals surface area contributed by atoms with Crippen molar-refractivity contribution < 1.29 is 0 Å². The molecule has 0 atom stereocenters. The third kappa shape index (κ3) is 2.98. The van der Waals surface area contributed by atoms with E-state index in [9.17, 15) is 0 Å². The van der Waals surface area contributed by atoms with Gasteiger partial charge in [0, 0.05) is 12.6 Å². The molecule has 0 heterocycles. The molecule has 0 aliphatic heterocycles. The van der Waals surface area contributed by atoms with Crippen molar-refractivity contribution in [1.82, 2.24) is 5.32 Å². The van der Waals surface area contributed by atoms with E-state index in [-0.39, 0.29) is 0 Å². The third-order valence-electron chi connectivity index (χ3n) is 3.13. The van der Waals surface area contributed by atoms with Gasteiger partial charge in [0.25, 0.3) is 0 Å². The van der Waals surface area contributed by atoms with Gasteiger partial charge in [-0.25, -0.2) is 0 Å². The standard InChI is InChI=1S/C12H23N/c1-12(2,3)8-13-11(9-4-5-9)10-6-7-10/h9-11,13H,4-8H2,1-3H3. The second kappa shape index (κ2) is 3.27. The Bertz CT molecular complexity index is 160. The summed E-state index contributed by atoms with van der Waals surface area (Å²) in [6, 6.07) is 0.874. The predicted molar refractivity (Wildman–Crippen MR) is 56.7 cm³/mol. The first kappa shape index (κ1) is 9.51. The van der Waals surface area contributed by atoms with E-state index in [1.54, 1.807) is 0 Å². The average molecular weight is 181 g/mol. The Morgan fingerprint density at radius 1 is 1.08 bits per heavy atom. The van der Waals surface area contributed by atoms with Crippen LogP contribution in [0.5, 0.6) is 0 Å². The van der Waals surface area contributed by atoms with Crippen LogP contribution in [0.1, 0.15) is 46.5 Å². The van der Waals surface area contributed by atoms with Crippen molar-refractivity contribution in [2.45, 2.75) is 52.5 Å². The topological polar surface area (TPSA) is 12.0 Å². The van der Waals surface area contributed by atoms with Gasteiger partial charge in [-0.2, -0.15) is 0 Å². The highest BCUT2D eigenvalue weighted by molar-refractivity contribution is 4.96. The van der Waals surface area contributed by atoms with Gasteiger partial charge in [-0.3, -0.25) is 0 Å². The first-order chi connectivity index (χ1) is 6.06. The Balaban J connectivity index is 1.76. The largest absolute Gasteiger partial charge is 0.313 e. The van der Waals surface area contributed by atoms with Crippen LogP contribution in [-0.4, -0.2) is 12.6 Å². The lowest BCUT2D eigenvalue weighted by Crippen LogP contribution is -2.38. The molecule has 13 heavy (non-hydrogen) atoms. The van der Waals surface area contributed by atoms with Gasteiger partial charge in [-0.05, 0) is 42.9 Å². The summed E-state index contributed by atoms with van der Waals surface area (Å²) >= 11 is 0. The monoisotopic (exact) mass is 181 g/mol. The first-order valence-corrected chi connectivity index (χ1v) is 5.80. The summed E-state index contributed by atoms with van der Waals surface area (Å²) in [6.45, 7) is 8.13. The number of nitrogens with one attached hydrogen (secondary N) is 1. The molecule has 2 aliphatic carbocycles. The third-order valence-corrected chi connectivity index (χ3v) is 3.13. The Kier molecular flexibility index (Phi) is 2.39. The summed E-state index contributed by atoms with van der Waals surface area (Å²) in [5, 5.41) is 3.78. The zero-order chi connectivity index (χ0) is 9.47. The molecule has 2 rings (SSSR count). The molecule has 2 aliphatic rings. The minimum atomic E-state index is 0.446. The molecule has 0 saturated heterocycles. The molecule has 2 fully saturated rings. The van der Waals surface area contributed by atoms with Crippen molar-refractivity contribution >= 4 is 0 Å². The van der Waals surface area contributed by atoms with Crippen molar-refractivity contribution in [3.8, 4) is 0 Å². The van der Waals surface area contributed by atoms with Gasteiger partial charge in [0.2, 0.25) is 0 Å². The molecule has 1 heteroatoms. The lowest BCUT2D eigenvalue weighted by atomic mass is 9.95. The van der Waals surface area contributed by atoms with Crippen LogP contribution in [0.15, 0.2) is 0 Å². The molecular formula is C12H23N. The highest BCUT2D eigenvalue weighted by atomic mass is 15.0. The molecule has 1 nitrogen and oxygen atoms in total. The Hall–Kier alpha value is -0.0400. The zero-order valence-corrected chi connectivity index (χ0v) is 9.27. The lowest BCUT2D eigenvalue weighted by molar-refractivity contribution is 0.319. The second-order valence-corrected chi connectivity index (χ2v) is 6.14. The Morgan fingerprint density at radius 2 is 1.54 bits per heavy atom. The molecule has 0 spiro atoms. The summed E-state index contributed by atoms with van der Waals surface area (Å²) in [5.41, 5.74) is 0.446. The average Bonchev–Trinajstić information content (AvgIpc) is 2.80. The van der Waals surface area contributed by atoms with Crippen LogP contribution >= 0.6 is 0 Å². The first-order valence-electron chi connectivity index (χ1n) is 5.80. The molecule has 1 N–H and O–H groups in total. The van der Waals surface area contributed by atoms with Crippen LogP contribution in [0.25, 0.3) is 0 Å². The van der Waals surface area contributed by atoms with Gasteiger partial charge in [0.05, 0.1) is 0 Å². The predicted octanol–water partition coefficient (Wildman–Crippen LogP) is 2.81. The van der Waals surface area contributed by atoms with E-state index in [0.717, 1.165) is 17.9 Å². The molecule has 0 unspecified atom stereocenters. The fourth-order valence-corrected chi connectivity index (χ4v) is 2.05. The van der Waals surface area contributed by atoms with Crippen molar-refractivity contribution in [2.24, 2.45) is 17.3 Å². The molecule has 0 amide bonds. The maximum absolute atomic E-state index is 3.78. The quantitative estimate of drug-likeness (QED) is 0.703. The van der Waals surface area contributed by atoms with E-state index in [2.05, 4.69) is 26.1 Å². The van der Waals surface area contributed by atoms with Crippen molar-refractivity contribution in [3.63, 3.8) is 0 Å².